The minimum Gasteiger partial charge on any atom is -0.468 e. The second-order valence-electron chi connectivity index (χ2n) is 5.02. The van der Waals surface area contributed by atoms with Gasteiger partial charge in [-0.05, 0) is 38.3 Å². The van der Waals surface area contributed by atoms with Gasteiger partial charge in [-0.25, -0.2) is 0 Å². The Balaban J connectivity index is 1.99. The lowest BCUT2D eigenvalue weighted by atomic mass is 9.93. The van der Waals surface area contributed by atoms with Crippen molar-refractivity contribution >= 4 is 0 Å². The van der Waals surface area contributed by atoms with Gasteiger partial charge in [0.2, 0.25) is 0 Å². The first-order chi connectivity index (χ1) is 7.70. The molecule has 3 heteroatoms. The van der Waals surface area contributed by atoms with E-state index in [0.29, 0.717) is 12.6 Å². The van der Waals surface area contributed by atoms with Crippen molar-refractivity contribution in [2.45, 2.75) is 45.8 Å². The number of nitrogens with zero attached hydrogens (tertiary/aromatic N) is 1. The molecule has 1 aromatic heterocycles. The van der Waals surface area contributed by atoms with Gasteiger partial charge in [-0.1, -0.05) is 6.92 Å². The zero-order valence-corrected chi connectivity index (χ0v) is 10.3. The van der Waals surface area contributed by atoms with Gasteiger partial charge in [-0.2, -0.15) is 0 Å². The van der Waals surface area contributed by atoms with Crippen LogP contribution >= 0.6 is 0 Å². The van der Waals surface area contributed by atoms with Crippen LogP contribution in [0, 0.1) is 5.92 Å². The summed E-state index contributed by atoms with van der Waals surface area (Å²) in [6.07, 6.45) is 4.33. The molecule has 3 nitrogen and oxygen atoms in total. The number of hydrogen-bond donors (Lipinski definition) is 1. The van der Waals surface area contributed by atoms with Crippen LogP contribution in [0.25, 0.3) is 0 Å². The molecule has 0 aromatic carbocycles. The molecule has 1 aliphatic rings. The predicted octanol–water partition coefficient (Wildman–Crippen LogP) is 2.36. The zero-order valence-electron chi connectivity index (χ0n) is 10.3. The van der Waals surface area contributed by atoms with Gasteiger partial charge in [-0.15, -0.1) is 0 Å². The van der Waals surface area contributed by atoms with E-state index in [4.69, 9.17) is 10.2 Å². The van der Waals surface area contributed by atoms with Crippen LogP contribution in [0.2, 0.25) is 0 Å². The van der Waals surface area contributed by atoms with Crippen LogP contribution in [-0.2, 0) is 13.1 Å². The highest BCUT2D eigenvalue weighted by Gasteiger charge is 2.24. The third kappa shape index (κ3) is 2.47. The van der Waals surface area contributed by atoms with E-state index in [-0.39, 0.29) is 0 Å². The zero-order chi connectivity index (χ0) is 11.5. The Morgan fingerprint density at radius 3 is 3.00 bits per heavy atom. The average molecular weight is 222 g/mol. The number of hydrogen-bond acceptors (Lipinski definition) is 3. The van der Waals surface area contributed by atoms with Gasteiger partial charge in [0.15, 0.2) is 0 Å². The molecular formula is C13H22N2O. The van der Waals surface area contributed by atoms with Crippen LogP contribution < -0.4 is 5.73 Å². The maximum Gasteiger partial charge on any atom is 0.122 e. The molecule has 16 heavy (non-hydrogen) atoms. The molecule has 1 aromatic rings. The molecule has 1 fully saturated rings. The van der Waals surface area contributed by atoms with E-state index < -0.39 is 0 Å². The molecule has 1 aliphatic heterocycles. The van der Waals surface area contributed by atoms with Crippen molar-refractivity contribution in [3.63, 3.8) is 0 Å². The van der Waals surface area contributed by atoms with Crippen molar-refractivity contribution < 1.29 is 4.42 Å². The molecule has 1 saturated heterocycles. The molecule has 0 spiro atoms. The van der Waals surface area contributed by atoms with Crippen LogP contribution in [0.5, 0.6) is 0 Å². The molecule has 0 saturated carbocycles. The minimum atomic E-state index is 0.574. The molecule has 0 radical (unpaired) electrons. The summed E-state index contributed by atoms with van der Waals surface area (Å²) < 4.78 is 5.51. The van der Waals surface area contributed by atoms with Crippen molar-refractivity contribution in [2.24, 2.45) is 11.7 Å². The van der Waals surface area contributed by atoms with Crippen molar-refractivity contribution in [2.75, 3.05) is 6.54 Å². The molecule has 90 valence electrons. The van der Waals surface area contributed by atoms with E-state index in [1.165, 1.54) is 19.4 Å². The van der Waals surface area contributed by atoms with Crippen molar-refractivity contribution in [3.05, 3.63) is 23.7 Å². The highest BCUT2D eigenvalue weighted by atomic mass is 16.3. The Bertz CT molecular complexity index is 334. The number of furan rings is 1. The van der Waals surface area contributed by atoms with Crippen LogP contribution in [0.4, 0.5) is 0 Å². The molecule has 0 amide bonds. The monoisotopic (exact) mass is 222 g/mol. The number of rotatable bonds is 3. The van der Waals surface area contributed by atoms with E-state index in [2.05, 4.69) is 18.7 Å². The molecule has 2 rings (SSSR count). The van der Waals surface area contributed by atoms with Gasteiger partial charge in [0, 0.05) is 18.2 Å². The van der Waals surface area contributed by atoms with E-state index in [9.17, 15) is 0 Å². The van der Waals surface area contributed by atoms with Crippen molar-refractivity contribution in [1.29, 1.82) is 0 Å². The molecule has 0 aliphatic carbocycles. The number of nitrogens with two attached hydrogens (primary N) is 1. The van der Waals surface area contributed by atoms with E-state index in [0.717, 1.165) is 23.8 Å². The molecular weight excluding hydrogens is 200 g/mol. The Morgan fingerprint density at radius 1 is 1.50 bits per heavy atom. The summed E-state index contributed by atoms with van der Waals surface area (Å²) in [5.41, 5.74) is 6.82. The van der Waals surface area contributed by atoms with Gasteiger partial charge >= 0.3 is 0 Å². The second-order valence-corrected chi connectivity index (χ2v) is 5.02. The predicted molar refractivity (Wildman–Crippen MR) is 64.9 cm³/mol. The second kappa shape index (κ2) is 5.02. The fourth-order valence-corrected chi connectivity index (χ4v) is 2.56. The van der Waals surface area contributed by atoms with Gasteiger partial charge in [-0.3, -0.25) is 4.90 Å². The first-order valence-corrected chi connectivity index (χ1v) is 6.20. The Kier molecular flexibility index (Phi) is 3.66. The van der Waals surface area contributed by atoms with E-state index in [1.807, 2.05) is 6.07 Å². The summed E-state index contributed by atoms with van der Waals surface area (Å²) in [5.74, 6) is 1.90. The van der Waals surface area contributed by atoms with Crippen LogP contribution in [0.15, 0.2) is 16.7 Å². The normalized spacial score (nSPS) is 27.2. The average Bonchev–Trinajstić information content (AvgIpc) is 2.69. The van der Waals surface area contributed by atoms with Gasteiger partial charge < -0.3 is 10.2 Å². The largest absolute Gasteiger partial charge is 0.468 e. The topological polar surface area (TPSA) is 42.4 Å². The molecule has 2 atom stereocenters. The Hall–Kier alpha value is -0.800. The first kappa shape index (κ1) is 11.7. The minimum absolute atomic E-state index is 0.574. The van der Waals surface area contributed by atoms with E-state index in [1.54, 1.807) is 6.26 Å². The maximum absolute atomic E-state index is 5.68. The Morgan fingerprint density at radius 2 is 2.31 bits per heavy atom. The van der Waals surface area contributed by atoms with Crippen LogP contribution in [-0.4, -0.2) is 17.5 Å². The summed E-state index contributed by atoms with van der Waals surface area (Å²) in [7, 11) is 0. The molecule has 2 unspecified atom stereocenters. The summed E-state index contributed by atoms with van der Waals surface area (Å²) in [6.45, 7) is 7.30. The Labute approximate surface area is 97.6 Å². The first-order valence-electron chi connectivity index (χ1n) is 6.20. The molecule has 2 N–H and O–H groups in total. The van der Waals surface area contributed by atoms with Crippen molar-refractivity contribution in [3.8, 4) is 0 Å². The number of likely N-dealkylation sites (tertiary alicyclic amines) is 1. The molecule has 0 bridgehead atoms. The summed E-state index contributed by atoms with van der Waals surface area (Å²) in [5, 5.41) is 0. The van der Waals surface area contributed by atoms with Gasteiger partial charge in [0.25, 0.3) is 0 Å². The van der Waals surface area contributed by atoms with E-state index >= 15 is 0 Å². The summed E-state index contributed by atoms with van der Waals surface area (Å²) in [4.78, 5) is 2.50. The fraction of sp³-hybridized carbons (Fsp3) is 0.692. The number of piperidine rings is 1. The quantitative estimate of drug-likeness (QED) is 0.853. The third-order valence-electron chi connectivity index (χ3n) is 3.68. The fourth-order valence-electron chi connectivity index (χ4n) is 2.56. The lowest BCUT2D eigenvalue weighted by Crippen LogP contribution is -2.39. The van der Waals surface area contributed by atoms with Crippen LogP contribution in [0.1, 0.15) is 38.0 Å². The highest BCUT2D eigenvalue weighted by molar-refractivity contribution is 5.16. The maximum atomic E-state index is 5.68. The van der Waals surface area contributed by atoms with Gasteiger partial charge in [0.1, 0.15) is 5.76 Å². The SMILES string of the molecule is CC1CCN(Cc2occc2CN)C(C)C1. The smallest absolute Gasteiger partial charge is 0.122 e. The summed E-state index contributed by atoms with van der Waals surface area (Å²) in [6, 6.07) is 2.63. The standard InChI is InChI=1S/C13H22N2O/c1-10-3-5-15(11(2)7-10)9-13-12(8-14)4-6-16-13/h4,6,10-11H,3,5,7-9,14H2,1-2H3. The van der Waals surface area contributed by atoms with Crippen molar-refractivity contribution in [1.82, 2.24) is 4.90 Å². The third-order valence-corrected chi connectivity index (χ3v) is 3.68. The highest BCUT2D eigenvalue weighted by Crippen LogP contribution is 2.24. The van der Waals surface area contributed by atoms with Gasteiger partial charge in [0.05, 0.1) is 12.8 Å². The lowest BCUT2D eigenvalue weighted by Gasteiger charge is -2.36. The summed E-state index contributed by atoms with van der Waals surface area (Å²) >= 11 is 0. The molecule has 2 heterocycles. The van der Waals surface area contributed by atoms with Crippen LogP contribution in [0.3, 0.4) is 0 Å². The lowest BCUT2D eigenvalue weighted by molar-refractivity contribution is 0.113.